The molecule has 1 saturated carbocycles. The molecular formula is C10H15NO5. The van der Waals surface area contributed by atoms with Crippen LogP contribution < -0.4 is 5.32 Å². The number of hydrogen-bond donors (Lipinski definition) is 3. The Balaban J connectivity index is 2.45. The van der Waals surface area contributed by atoms with Gasteiger partial charge in [0.1, 0.15) is 6.04 Å². The average molecular weight is 229 g/mol. The molecule has 0 heterocycles. The Hall–Kier alpha value is -1.59. The number of carboxylic acids is 2. The van der Waals surface area contributed by atoms with Crippen molar-refractivity contribution in [3.05, 3.63) is 0 Å². The van der Waals surface area contributed by atoms with Gasteiger partial charge < -0.3 is 15.5 Å². The zero-order chi connectivity index (χ0) is 12.3. The first-order chi connectivity index (χ1) is 7.41. The summed E-state index contributed by atoms with van der Waals surface area (Å²) in [5, 5.41) is 19.7. The van der Waals surface area contributed by atoms with Crippen LogP contribution in [0.2, 0.25) is 0 Å². The first kappa shape index (κ1) is 12.5. The second kappa shape index (κ2) is 4.96. The molecule has 0 aromatic carbocycles. The van der Waals surface area contributed by atoms with Crippen LogP contribution in [0.15, 0.2) is 0 Å². The van der Waals surface area contributed by atoms with Gasteiger partial charge >= 0.3 is 11.9 Å². The Kier molecular flexibility index (Phi) is 3.87. The summed E-state index contributed by atoms with van der Waals surface area (Å²) in [5.74, 6) is -3.19. The van der Waals surface area contributed by atoms with Crippen molar-refractivity contribution >= 4 is 17.8 Å². The van der Waals surface area contributed by atoms with E-state index in [4.69, 9.17) is 10.2 Å². The number of aliphatic carboxylic acids is 2. The fourth-order valence-corrected chi connectivity index (χ4v) is 1.84. The van der Waals surface area contributed by atoms with Gasteiger partial charge in [-0.05, 0) is 26.2 Å². The summed E-state index contributed by atoms with van der Waals surface area (Å²) in [6.45, 7) is 1.38. The van der Waals surface area contributed by atoms with Crippen molar-refractivity contribution in [2.75, 3.05) is 0 Å². The van der Waals surface area contributed by atoms with Gasteiger partial charge in [-0.15, -0.1) is 0 Å². The van der Waals surface area contributed by atoms with Crippen molar-refractivity contribution in [2.24, 2.45) is 11.8 Å². The normalized spacial score (nSPS) is 26.1. The van der Waals surface area contributed by atoms with E-state index in [0.29, 0.717) is 19.3 Å². The lowest BCUT2D eigenvalue weighted by Crippen LogP contribution is -2.41. The van der Waals surface area contributed by atoms with Gasteiger partial charge in [-0.2, -0.15) is 0 Å². The van der Waals surface area contributed by atoms with Gasteiger partial charge in [0.05, 0.1) is 5.92 Å². The van der Waals surface area contributed by atoms with E-state index in [1.54, 1.807) is 0 Å². The minimum Gasteiger partial charge on any atom is -0.481 e. The molecule has 0 aliphatic heterocycles. The summed E-state index contributed by atoms with van der Waals surface area (Å²) in [5.41, 5.74) is 0. The molecule has 1 unspecified atom stereocenters. The van der Waals surface area contributed by atoms with Gasteiger partial charge in [0, 0.05) is 5.92 Å². The van der Waals surface area contributed by atoms with Gasteiger partial charge in [0.2, 0.25) is 5.91 Å². The first-order valence-corrected chi connectivity index (χ1v) is 5.17. The van der Waals surface area contributed by atoms with Crippen LogP contribution in [0.1, 0.15) is 26.2 Å². The number of nitrogens with one attached hydrogen (secondary N) is 1. The minimum atomic E-state index is -1.10. The summed E-state index contributed by atoms with van der Waals surface area (Å²) in [6, 6.07) is -0.934. The molecule has 90 valence electrons. The number of carboxylic acid groups (broad SMARTS) is 2. The molecule has 0 aromatic rings. The molecule has 6 heteroatoms. The van der Waals surface area contributed by atoms with Crippen LogP contribution in [0.25, 0.3) is 0 Å². The lowest BCUT2D eigenvalue weighted by Gasteiger charge is -2.13. The highest BCUT2D eigenvalue weighted by Crippen LogP contribution is 2.31. The highest BCUT2D eigenvalue weighted by molar-refractivity contribution is 5.85. The van der Waals surface area contributed by atoms with Crippen LogP contribution in [0.4, 0.5) is 0 Å². The Morgan fingerprint density at radius 3 is 2.19 bits per heavy atom. The average Bonchev–Trinajstić information content (AvgIpc) is 2.65. The van der Waals surface area contributed by atoms with E-state index in [9.17, 15) is 14.4 Å². The zero-order valence-corrected chi connectivity index (χ0v) is 8.97. The Morgan fingerprint density at radius 1 is 1.19 bits per heavy atom. The molecule has 1 fully saturated rings. The molecule has 1 aliphatic carbocycles. The molecule has 0 saturated heterocycles. The van der Waals surface area contributed by atoms with E-state index >= 15 is 0 Å². The molecule has 0 bridgehead atoms. The highest BCUT2D eigenvalue weighted by atomic mass is 16.4. The lowest BCUT2D eigenvalue weighted by molar-refractivity contribution is -0.143. The smallest absolute Gasteiger partial charge is 0.325 e. The molecule has 16 heavy (non-hydrogen) atoms. The van der Waals surface area contributed by atoms with Crippen LogP contribution in [-0.4, -0.2) is 34.1 Å². The van der Waals surface area contributed by atoms with Gasteiger partial charge in [0.15, 0.2) is 0 Å². The maximum Gasteiger partial charge on any atom is 0.325 e. The lowest BCUT2D eigenvalue weighted by atomic mass is 10.0. The number of amides is 1. The molecular weight excluding hydrogens is 214 g/mol. The topological polar surface area (TPSA) is 104 Å². The first-order valence-electron chi connectivity index (χ1n) is 5.17. The van der Waals surface area contributed by atoms with Gasteiger partial charge in [-0.25, -0.2) is 0 Å². The summed E-state index contributed by atoms with van der Waals surface area (Å²) in [7, 11) is 0. The number of carbonyl (C=O) groups is 3. The Labute approximate surface area is 92.6 Å². The third kappa shape index (κ3) is 2.95. The summed E-state index contributed by atoms with van der Waals surface area (Å²) < 4.78 is 0. The van der Waals surface area contributed by atoms with Crippen LogP contribution in [0.3, 0.4) is 0 Å². The van der Waals surface area contributed by atoms with E-state index < -0.39 is 23.9 Å². The second-order valence-corrected chi connectivity index (χ2v) is 4.11. The molecule has 1 aliphatic rings. The predicted molar refractivity (Wildman–Crippen MR) is 53.7 cm³/mol. The molecule has 0 radical (unpaired) electrons. The third-order valence-electron chi connectivity index (χ3n) is 2.88. The molecule has 3 N–H and O–H groups in total. The van der Waals surface area contributed by atoms with Crippen LogP contribution in [-0.2, 0) is 14.4 Å². The fraction of sp³-hybridized carbons (Fsp3) is 0.700. The van der Waals surface area contributed by atoms with E-state index in [1.165, 1.54) is 6.92 Å². The number of rotatable bonds is 4. The third-order valence-corrected chi connectivity index (χ3v) is 2.88. The van der Waals surface area contributed by atoms with Crippen molar-refractivity contribution in [3.63, 3.8) is 0 Å². The molecule has 3 atom stereocenters. The van der Waals surface area contributed by atoms with Crippen LogP contribution in [0.5, 0.6) is 0 Å². The van der Waals surface area contributed by atoms with E-state index in [-0.39, 0.29) is 11.8 Å². The quantitative estimate of drug-likeness (QED) is 0.633. The Bertz CT molecular complexity index is 314. The van der Waals surface area contributed by atoms with Crippen molar-refractivity contribution in [1.29, 1.82) is 0 Å². The summed E-state index contributed by atoms with van der Waals surface area (Å²) in [4.78, 5) is 32.7. The number of hydrogen-bond acceptors (Lipinski definition) is 3. The zero-order valence-electron chi connectivity index (χ0n) is 8.97. The predicted octanol–water partition coefficient (Wildman–Crippen LogP) is 0.0766. The van der Waals surface area contributed by atoms with Gasteiger partial charge in [-0.3, -0.25) is 14.4 Å². The summed E-state index contributed by atoms with van der Waals surface area (Å²) >= 11 is 0. The largest absolute Gasteiger partial charge is 0.481 e. The maximum absolute atomic E-state index is 11.6. The molecule has 6 nitrogen and oxygen atoms in total. The van der Waals surface area contributed by atoms with E-state index in [2.05, 4.69) is 5.32 Å². The minimum absolute atomic E-state index is 0.299. The number of carbonyl (C=O) groups excluding carboxylic acids is 1. The SMILES string of the molecule is CC(NC(=O)[C@@H]1CC[C@H](C(=O)O)C1)C(=O)O. The summed E-state index contributed by atoms with van der Waals surface area (Å²) in [6.07, 6.45) is 1.29. The molecule has 1 rings (SSSR count). The van der Waals surface area contributed by atoms with Gasteiger partial charge in [-0.1, -0.05) is 0 Å². The van der Waals surface area contributed by atoms with Crippen molar-refractivity contribution < 1.29 is 24.6 Å². The van der Waals surface area contributed by atoms with Gasteiger partial charge in [0.25, 0.3) is 0 Å². The van der Waals surface area contributed by atoms with Crippen molar-refractivity contribution in [1.82, 2.24) is 5.32 Å². The highest BCUT2D eigenvalue weighted by Gasteiger charge is 2.34. The van der Waals surface area contributed by atoms with E-state index in [0.717, 1.165) is 0 Å². The Morgan fingerprint density at radius 2 is 1.75 bits per heavy atom. The molecule has 1 amide bonds. The van der Waals surface area contributed by atoms with E-state index in [1.807, 2.05) is 0 Å². The second-order valence-electron chi connectivity index (χ2n) is 4.11. The van der Waals surface area contributed by atoms with Crippen LogP contribution >= 0.6 is 0 Å². The molecule has 0 spiro atoms. The molecule has 0 aromatic heterocycles. The van der Waals surface area contributed by atoms with Crippen molar-refractivity contribution in [3.8, 4) is 0 Å². The standard InChI is InChI=1S/C10H15NO5/c1-5(9(13)14)11-8(12)6-2-3-7(4-6)10(15)16/h5-7H,2-4H2,1H3,(H,11,12)(H,13,14)(H,15,16)/t5?,6-,7+/m1/s1. The maximum atomic E-state index is 11.6. The monoisotopic (exact) mass is 229 g/mol. The van der Waals surface area contributed by atoms with Crippen LogP contribution in [0, 0.1) is 11.8 Å². The van der Waals surface area contributed by atoms with Crippen molar-refractivity contribution in [2.45, 2.75) is 32.2 Å². The fourth-order valence-electron chi connectivity index (χ4n) is 1.84.